The van der Waals surface area contributed by atoms with Crippen molar-refractivity contribution in [1.82, 2.24) is 15.0 Å². The van der Waals surface area contributed by atoms with Crippen LogP contribution in [0.1, 0.15) is 46.5 Å². The number of carbonyl (C=O) groups excluding carboxylic acids is 1. The highest BCUT2D eigenvalue weighted by Gasteiger charge is 2.38. The standard InChI is InChI=1S/C33H30N4O4S/c1-21-29(20-42-30-11-4-5-16-34-30)40-33(41-31(21)23-14-12-22(19-38)13-15-23)24-7-6-8-25(17-24)36-32(39)28-18-35-26-9-2-3-10-27(26)37-28/h2-18,21,29,31,33,38H,19-20H2,1H3,(H,36,39)/t21-,29+,31+,33+/m0/s1. The van der Waals surface area contributed by atoms with Crippen molar-refractivity contribution in [1.29, 1.82) is 0 Å². The maximum Gasteiger partial charge on any atom is 0.275 e. The summed E-state index contributed by atoms with van der Waals surface area (Å²) in [6.07, 6.45) is 2.23. The van der Waals surface area contributed by atoms with Gasteiger partial charge in [0.25, 0.3) is 5.91 Å². The predicted octanol–water partition coefficient (Wildman–Crippen LogP) is 6.35. The van der Waals surface area contributed by atoms with Crippen LogP contribution >= 0.6 is 11.8 Å². The van der Waals surface area contributed by atoms with Gasteiger partial charge in [-0.15, -0.1) is 11.8 Å². The lowest BCUT2D eigenvalue weighted by Gasteiger charge is -2.41. The third-order valence-corrected chi connectivity index (χ3v) is 8.29. The van der Waals surface area contributed by atoms with Gasteiger partial charge in [0.15, 0.2) is 6.29 Å². The molecule has 8 nitrogen and oxygen atoms in total. The second-order valence-corrected chi connectivity index (χ2v) is 11.2. The minimum atomic E-state index is -0.657. The van der Waals surface area contributed by atoms with Crippen molar-refractivity contribution in [2.45, 2.75) is 37.1 Å². The zero-order valence-electron chi connectivity index (χ0n) is 23.0. The van der Waals surface area contributed by atoms with Crippen molar-refractivity contribution in [2.24, 2.45) is 5.92 Å². The summed E-state index contributed by atoms with van der Waals surface area (Å²) >= 11 is 1.65. The molecule has 1 aliphatic rings. The van der Waals surface area contributed by atoms with Crippen LogP contribution < -0.4 is 5.32 Å². The molecule has 2 N–H and O–H groups in total. The van der Waals surface area contributed by atoms with E-state index in [0.717, 1.165) is 27.2 Å². The molecule has 9 heteroatoms. The van der Waals surface area contributed by atoms with E-state index in [-0.39, 0.29) is 36.3 Å². The van der Waals surface area contributed by atoms with Crippen LogP contribution in [0.3, 0.4) is 0 Å². The number of fused-ring (bicyclic) bond motifs is 1. The van der Waals surface area contributed by atoms with Gasteiger partial charge in [0.05, 0.1) is 41.1 Å². The number of amides is 1. The first-order valence-corrected chi connectivity index (χ1v) is 14.7. The van der Waals surface area contributed by atoms with Gasteiger partial charge in [0.2, 0.25) is 0 Å². The molecule has 4 atom stereocenters. The van der Waals surface area contributed by atoms with Crippen LogP contribution in [0, 0.1) is 5.92 Å². The highest BCUT2D eigenvalue weighted by Crippen LogP contribution is 2.43. The van der Waals surface area contributed by atoms with Gasteiger partial charge < -0.3 is 19.9 Å². The fraction of sp³-hybridized carbons (Fsp3) is 0.212. The molecule has 1 aliphatic heterocycles. The molecule has 0 unspecified atom stereocenters. The Labute approximate surface area is 248 Å². The fourth-order valence-electron chi connectivity index (χ4n) is 4.93. The number of hydrogen-bond donors (Lipinski definition) is 2. The van der Waals surface area contributed by atoms with E-state index in [1.54, 1.807) is 18.0 Å². The fourth-order valence-corrected chi connectivity index (χ4v) is 5.96. The Morgan fingerprint density at radius 1 is 0.905 bits per heavy atom. The zero-order chi connectivity index (χ0) is 28.9. The lowest BCUT2D eigenvalue weighted by atomic mass is 9.91. The van der Waals surface area contributed by atoms with E-state index in [4.69, 9.17) is 9.47 Å². The smallest absolute Gasteiger partial charge is 0.275 e. The van der Waals surface area contributed by atoms with Gasteiger partial charge >= 0.3 is 0 Å². The molecule has 0 spiro atoms. The summed E-state index contributed by atoms with van der Waals surface area (Å²) in [5.74, 6) is 0.392. The molecule has 3 heterocycles. The maximum atomic E-state index is 13.0. The molecule has 42 heavy (non-hydrogen) atoms. The van der Waals surface area contributed by atoms with E-state index in [2.05, 4.69) is 27.2 Å². The summed E-state index contributed by atoms with van der Waals surface area (Å²) in [6.45, 7) is 2.12. The molecule has 1 saturated heterocycles. The number of thioether (sulfide) groups is 1. The number of anilines is 1. The van der Waals surface area contributed by atoms with Gasteiger partial charge in [-0.3, -0.25) is 9.78 Å². The van der Waals surface area contributed by atoms with E-state index >= 15 is 0 Å². The largest absolute Gasteiger partial charge is 0.392 e. The number of aliphatic hydroxyl groups excluding tert-OH is 1. The molecular formula is C33H30N4O4S. The van der Waals surface area contributed by atoms with Gasteiger partial charge in [0, 0.05) is 29.1 Å². The first-order chi connectivity index (χ1) is 20.6. The number of nitrogens with one attached hydrogen (secondary N) is 1. The van der Waals surface area contributed by atoms with Crippen LogP contribution in [0.5, 0.6) is 0 Å². The minimum absolute atomic E-state index is 0.0142. The SMILES string of the molecule is C[C@H]1[C@@H](CSc2ccccn2)O[C@@H](c2cccc(NC(=O)c3cnc4ccccc4n3)c2)O[C@H]1c1ccc(CO)cc1. The monoisotopic (exact) mass is 578 g/mol. The predicted molar refractivity (Wildman–Crippen MR) is 162 cm³/mol. The van der Waals surface area contributed by atoms with Crippen molar-refractivity contribution in [2.75, 3.05) is 11.1 Å². The molecule has 212 valence electrons. The second kappa shape index (κ2) is 12.8. The number of ether oxygens (including phenoxy) is 2. The van der Waals surface area contributed by atoms with Gasteiger partial charge in [-0.25, -0.2) is 9.97 Å². The van der Waals surface area contributed by atoms with E-state index in [9.17, 15) is 9.90 Å². The Balaban J connectivity index is 1.23. The van der Waals surface area contributed by atoms with Crippen LogP contribution in [-0.2, 0) is 16.1 Å². The molecule has 1 amide bonds. The number of aliphatic hydroxyl groups is 1. The third-order valence-electron chi connectivity index (χ3n) is 7.25. The topological polar surface area (TPSA) is 106 Å². The average Bonchev–Trinajstić information content (AvgIpc) is 3.04. The maximum absolute atomic E-state index is 13.0. The first-order valence-electron chi connectivity index (χ1n) is 13.7. The summed E-state index contributed by atoms with van der Waals surface area (Å²) in [5, 5.41) is 13.4. The minimum Gasteiger partial charge on any atom is -0.392 e. The summed E-state index contributed by atoms with van der Waals surface area (Å²) in [4.78, 5) is 26.3. The lowest BCUT2D eigenvalue weighted by molar-refractivity contribution is -0.268. The molecule has 0 bridgehead atoms. The van der Waals surface area contributed by atoms with Gasteiger partial charge in [-0.1, -0.05) is 61.5 Å². The lowest BCUT2D eigenvalue weighted by Crippen LogP contribution is -2.38. The highest BCUT2D eigenvalue weighted by molar-refractivity contribution is 7.99. The molecule has 1 fully saturated rings. The summed E-state index contributed by atoms with van der Waals surface area (Å²) in [5.41, 5.74) is 4.86. The van der Waals surface area contributed by atoms with Crippen molar-refractivity contribution < 1.29 is 19.4 Å². The van der Waals surface area contributed by atoms with E-state index in [1.165, 1.54) is 6.20 Å². The second-order valence-electron chi connectivity index (χ2n) is 10.1. The van der Waals surface area contributed by atoms with Crippen molar-refractivity contribution in [3.05, 3.63) is 126 Å². The van der Waals surface area contributed by atoms with Crippen molar-refractivity contribution in [3.8, 4) is 0 Å². The van der Waals surface area contributed by atoms with Gasteiger partial charge in [0.1, 0.15) is 5.69 Å². The summed E-state index contributed by atoms with van der Waals surface area (Å²) in [6, 6.07) is 28.6. The van der Waals surface area contributed by atoms with Crippen molar-refractivity contribution >= 4 is 34.4 Å². The number of para-hydroxylation sites is 2. The van der Waals surface area contributed by atoms with Crippen LogP contribution in [-0.4, -0.2) is 37.8 Å². The number of hydrogen-bond acceptors (Lipinski definition) is 8. The first kappa shape index (κ1) is 28.0. The Kier molecular flexibility index (Phi) is 8.52. The van der Waals surface area contributed by atoms with Crippen molar-refractivity contribution in [3.63, 3.8) is 0 Å². The van der Waals surface area contributed by atoms with Crippen LogP contribution in [0.4, 0.5) is 5.69 Å². The molecule has 0 saturated carbocycles. The van der Waals surface area contributed by atoms with Crippen LogP contribution in [0.15, 0.2) is 108 Å². The summed E-state index contributed by atoms with van der Waals surface area (Å²) < 4.78 is 13.1. The number of rotatable bonds is 8. The van der Waals surface area contributed by atoms with E-state index < -0.39 is 6.29 Å². The summed E-state index contributed by atoms with van der Waals surface area (Å²) in [7, 11) is 0. The molecule has 5 aromatic rings. The highest BCUT2D eigenvalue weighted by atomic mass is 32.2. The Morgan fingerprint density at radius 2 is 1.71 bits per heavy atom. The molecule has 3 aromatic carbocycles. The number of carbonyl (C=O) groups is 1. The number of nitrogens with zero attached hydrogens (tertiary/aromatic N) is 3. The molecule has 0 aliphatic carbocycles. The molecule has 6 rings (SSSR count). The Bertz CT molecular complexity index is 1670. The average molecular weight is 579 g/mol. The molecular weight excluding hydrogens is 548 g/mol. The van der Waals surface area contributed by atoms with Gasteiger partial charge in [-0.05, 0) is 47.5 Å². The quantitative estimate of drug-likeness (QED) is 0.205. The number of pyridine rings is 1. The Hall–Kier alpha value is -4.15. The number of aromatic nitrogens is 3. The number of benzene rings is 3. The van der Waals surface area contributed by atoms with Gasteiger partial charge in [-0.2, -0.15) is 0 Å². The van der Waals surface area contributed by atoms with E-state index in [0.29, 0.717) is 17.0 Å². The third kappa shape index (κ3) is 6.34. The van der Waals surface area contributed by atoms with E-state index in [1.807, 2.05) is 91.0 Å². The molecule has 0 radical (unpaired) electrons. The zero-order valence-corrected chi connectivity index (χ0v) is 23.8. The Morgan fingerprint density at radius 3 is 2.50 bits per heavy atom. The normalized spacial score (nSPS) is 20.3. The van der Waals surface area contributed by atoms with Crippen LogP contribution in [0.2, 0.25) is 0 Å². The molecule has 2 aromatic heterocycles. The van der Waals surface area contributed by atoms with Crippen LogP contribution in [0.25, 0.3) is 11.0 Å².